The van der Waals surface area contributed by atoms with Crippen molar-refractivity contribution in [3.8, 4) is 45.5 Å². The standard InChI is InChI=1S/C33H34F4N4O11S4/c1-9-53-32(43)51-28-21(13-38-40(28)5)19-11-17(15(3)24(49-30(34)35)26(19)55(7,45)46)23(42)18-12-20(22-14-39-41(6)29(22)52-33(44)54-10-2)27(56(8,47)48)25(16(18)4)50-31(36)37/h11-14,30-31H,9-10H2,1-8H3. The third-order valence-electron chi connectivity index (χ3n) is 7.85. The van der Waals surface area contributed by atoms with Gasteiger partial charge in [0.05, 0.1) is 23.5 Å². The second-order valence-electron chi connectivity index (χ2n) is 11.7. The van der Waals surface area contributed by atoms with Crippen LogP contribution in [0.2, 0.25) is 0 Å². The molecule has 0 aliphatic carbocycles. The maximum absolute atomic E-state index is 14.8. The number of hydrogen-bond acceptors (Lipinski definition) is 15. The lowest BCUT2D eigenvalue weighted by molar-refractivity contribution is -0.0528. The first-order chi connectivity index (χ1) is 26.0. The number of aromatic nitrogens is 4. The molecule has 2 aromatic heterocycles. The molecule has 304 valence electrons. The first-order valence-electron chi connectivity index (χ1n) is 16.0. The molecule has 2 heterocycles. The van der Waals surface area contributed by atoms with E-state index in [1.807, 2.05) is 0 Å². The van der Waals surface area contributed by atoms with Gasteiger partial charge < -0.3 is 18.9 Å². The van der Waals surface area contributed by atoms with Crippen molar-refractivity contribution in [1.29, 1.82) is 0 Å². The average molecular weight is 867 g/mol. The third-order valence-corrected chi connectivity index (χ3v) is 11.4. The zero-order valence-electron chi connectivity index (χ0n) is 30.8. The van der Waals surface area contributed by atoms with Crippen LogP contribution >= 0.6 is 23.5 Å². The number of nitrogens with zero attached hydrogens (tertiary/aromatic N) is 4. The summed E-state index contributed by atoms with van der Waals surface area (Å²) in [6.07, 6.45) is 3.48. The van der Waals surface area contributed by atoms with E-state index in [2.05, 4.69) is 10.2 Å². The zero-order valence-corrected chi connectivity index (χ0v) is 34.1. The Morgan fingerprint density at radius 2 is 1.02 bits per heavy atom. The predicted molar refractivity (Wildman–Crippen MR) is 198 cm³/mol. The van der Waals surface area contributed by atoms with E-state index in [0.717, 1.165) is 71.3 Å². The van der Waals surface area contributed by atoms with Gasteiger partial charge in [-0.3, -0.25) is 4.79 Å². The van der Waals surface area contributed by atoms with Crippen molar-refractivity contribution in [2.45, 2.75) is 50.7 Å². The van der Waals surface area contributed by atoms with E-state index < -0.39 is 104 Å². The minimum atomic E-state index is -4.52. The highest BCUT2D eigenvalue weighted by molar-refractivity contribution is 8.13. The number of rotatable bonds is 14. The number of carbonyl (C=O) groups is 3. The van der Waals surface area contributed by atoms with E-state index in [9.17, 15) is 48.8 Å². The summed E-state index contributed by atoms with van der Waals surface area (Å²) in [5.41, 5.74) is -3.42. The summed E-state index contributed by atoms with van der Waals surface area (Å²) in [4.78, 5) is 38.1. The number of sulfone groups is 2. The summed E-state index contributed by atoms with van der Waals surface area (Å²) in [7, 11) is -6.36. The molecule has 0 fully saturated rings. The number of carbonyl (C=O) groups excluding carboxylic acids is 3. The molecular weight excluding hydrogens is 833 g/mol. The Hall–Kier alpha value is -4.61. The van der Waals surface area contributed by atoms with Crippen LogP contribution < -0.4 is 18.9 Å². The van der Waals surface area contributed by atoms with Gasteiger partial charge in [0.25, 0.3) is 0 Å². The Kier molecular flexibility index (Phi) is 13.6. The molecule has 0 saturated heterocycles. The van der Waals surface area contributed by atoms with E-state index in [1.54, 1.807) is 13.8 Å². The van der Waals surface area contributed by atoms with Crippen LogP contribution in [-0.2, 0) is 33.8 Å². The topological polar surface area (TPSA) is 192 Å². The van der Waals surface area contributed by atoms with E-state index in [1.165, 1.54) is 14.1 Å². The fourth-order valence-electron chi connectivity index (χ4n) is 5.60. The highest BCUT2D eigenvalue weighted by Gasteiger charge is 2.35. The molecule has 2 aromatic carbocycles. The first-order valence-corrected chi connectivity index (χ1v) is 21.7. The lowest BCUT2D eigenvalue weighted by Gasteiger charge is -2.22. The molecule has 0 saturated carbocycles. The Bertz CT molecular complexity index is 2270. The number of alkyl halides is 4. The van der Waals surface area contributed by atoms with Gasteiger partial charge in [0.1, 0.15) is 21.3 Å². The predicted octanol–water partition coefficient (Wildman–Crippen LogP) is 6.85. The number of ether oxygens (including phenoxy) is 4. The molecule has 0 spiro atoms. The van der Waals surface area contributed by atoms with Gasteiger partial charge in [-0.2, -0.15) is 27.8 Å². The van der Waals surface area contributed by atoms with Crippen molar-refractivity contribution >= 4 is 59.6 Å². The Balaban J connectivity index is 2.18. The van der Waals surface area contributed by atoms with Gasteiger partial charge in [-0.1, -0.05) is 13.8 Å². The quantitative estimate of drug-likeness (QED) is 0.0726. The van der Waals surface area contributed by atoms with Crippen LogP contribution in [0.4, 0.5) is 27.2 Å². The molecule has 0 aliphatic rings. The molecule has 0 radical (unpaired) electrons. The summed E-state index contributed by atoms with van der Waals surface area (Å²) < 4.78 is 132. The van der Waals surface area contributed by atoms with Crippen molar-refractivity contribution in [2.75, 3.05) is 24.0 Å². The molecule has 0 atom stereocenters. The summed E-state index contributed by atoms with van der Waals surface area (Å²) in [6, 6.07) is 1.95. The van der Waals surface area contributed by atoms with E-state index in [-0.39, 0.29) is 34.4 Å². The van der Waals surface area contributed by atoms with E-state index >= 15 is 0 Å². The van der Waals surface area contributed by atoms with Crippen LogP contribution in [-0.4, -0.2) is 90.0 Å². The molecule has 0 amide bonds. The number of ketones is 1. The second kappa shape index (κ2) is 17.3. The maximum Gasteiger partial charge on any atom is 0.387 e. The minimum Gasteiger partial charge on any atom is -0.433 e. The monoisotopic (exact) mass is 866 g/mol. The van der Waals surface area contributed by atoms with Crippen molar-refractivity contribution in [3.63, 3.8) is 0 Å². The van der Waals surface area contributed by atoms with Crippen LogP contribution in [0.15, 0.2) is 34.3 Å². The van der Waals surface area contributed by atoms with Crippen LogP contribution in [0, 0.1) is 13.8 Å². The molecule has 0 aliphatic heterocycles. The van der Waals surface area contributed by atoms with Crippen LogP contribution in [0.1, 0.15) is 40.9 Å². The molecular formula is C33H34F4N4O11S4. The molecule has 4 aromatic rings. The summed E-state index contributed by atoms with van der Waals surface area (Å²) in [6.45, 7) is -1.77. The highest BCUT2D eigenvalue weighted by atomic mass is 32.2. The number of aryl methyl sites for hydroxylation is 2. The lowest BCUT2D eigenvalue weighted by atomic mass is 9.90. The first kappa shape index (κ1) is 44.1. The summed E-state index contributed by atoms with van der Waals surface area (Å²) in [5, 5.41) is 6.37. The molecule has 4 rings (SSSR count). The van der Waals surface area contributed by atoms with Gasteiger partial charge in [0.2, 0.25) is 11.8 Å². The van der Waals surface area contributed by atoms with Crippen LogP contribution in [0.25, 0.3) is 22.3 Å². The van der Waals surface area contributed by atoms with Crippen molar-refractivity contribution < 1.29 is 67.7 Å². The van der Waals surface area contributed by atoms with Crippen LogP contribution in [0.5, 0.6) is 23.3 Å². The molecule has 0 N–H and O–H groups in total. The molecule has 56 heavy (non-hydrogen) atoms. The lowest BCUT2D eigenvalue weighted by Crippen LogP contribution is -2.17. The number of benzene rings is 2. The Morgan fingerprint density at radius 1 is 0.679 bits per heavy atom. The largest absolute Gasteiger partial charge is 0.433 e. The van der Waals surface area contributed by atoms with Crippen molar-refractivity contribution in [1.82, 2.24) is 19.6 Å². The van der Waals surface area contributed by atoms with Gasteiger partial charge in [0.15, 0.2) is 25.5 Å². The zero-order chi connectivity index (χ0) is 42.0. The van der Waals surface area contributed by atoms with Gasteiger partial charge in [0, 0.05) is 71.5 Å². The van der Waals surface area contributed by atoms with Crippen LogP contribution in [0.3, 0.4) is 0 Å². The number of hydrogen-bond donors (Lipinski definition) is 0. The van der Waals surface area contributed by atoms with E-state index in [4.69, 9.17) is 18.9 Å². The summed E-state index contributed by atoms with van der Waals surface area (Å²) in [5.74, 6) is -3.20. The average Bonchev–Trinajstić information content (AvgIpc) is 3.61. The highest BCUT2D eigenvalue weighted by Crippen LogP contribution is 2.47. The van der Waals surface area contributed by atoms with Gasteiger partial charge in [-0.25, -0.2) is 35.8 Å². The minimum absolute atomic E-state index is 0.246. The van der Waals surface area contributed by atoms with Crippen molar-refractivity contribution in [2.24, 2.45) is 14.1 Å². The van der Waals surface area contributed by atoms with Crippen molar-refractivity contribution in [3.05, 3.63) is 46.8 Å². The molecule has 0 unspecified atom stereocenters. The fourth-order valence-corrected chi connectivity index (χ4v) is 8.56. The number of thioether (sulfide) groups is 2. The summed E-state index contributed by atoms with van der Waals surface area (Å²) >= 11 is 1.49. The molecule has 0 bridgehead atoms. The SMILES string of the molecule is CCSC(=O)Oc1c(-c2cc(C(=O)c3cc(-c4cnn(C)c4OC(=O)SCC)c(S(C)(=O)=O)c(OC(F)F)c3C)c(C)c(OC(F)F)c2S(C)(=O)=O)cnn1C. The van der Waals surface area contributed by atoms with E-state index in [0.29, 0.717) is 12.5 Å². The molecule has 15 nitrogen and oxygen atoms in total. The normalized spacial score (nSPS) is 12.0. The maximum atomic E-state index is 14.8. The fraction of sp³-hybridized carbons (Fsp3) is 0.364. The molecule has 23 heteroatoms. The second-order valence-corrected chi connectivity index (χ2v) is 18.0. The Morgan fingerprint density at radius 3 is 1.30 bits per heavy atom. The smallest absolute Gasteiger partial charge is 0.387 e. The van der Waals surface area contributed by atoms with Gasteiger partial charge >= 0.3 is 23.8 Å². The Labute approximate surface area is 326 Å². The number of halogens is 4. The third kappa shape index (κ3) is 9.32. The van der Waals surface area contributed by atoms with Gasteiger partial charge in [-0.15, -0.1) is 0 Å². The van der Waals surface area contributed by atoms with Gasteiger partial charge in [-0.05, 0) is 49.5 Å².